The third-order valence-electron chi connectivity index (χ3n) is 16.7. The number of aliphatic hydroxyl groups is 1. The molecule has 1 saturated heterocycles. The van der Waals surface area contributed by atoms with Gasteiger partial charge in [-0.25, -0.2) is 4.79 Å². The average Bonchev–Trinajstić information content (AvgIpc) is 4.01. The van der Waals surface area contributed by atoms with Crippen molar-refractivity contribution in [3.63, 3.8) is 0 Å². The molecule has 1 spiro atoms. The summed E-state index contributed by atoms with van der Waals surface area (Å²) in [5, 5.41) is 17.2. The van der Waals surface area contributed by atoms with Gasteiger partial charge in [0, 0.05) is 90.9 Å². The SMILES string of the molecule is C=CCNC(=O)[C@@H]1[C@H](C(=O)OC)Cc2c([nH]c3ccccc23)[C@@](C(=O)OC)(c2cc3c(cc2OC)N(C)[C@H]2[C@@](O)(C(=O)OC)[C@H](OC(C)=O)[C@]4(CC)C=CCN5CC[C@]32[C@@H]54)C[C@@H]2C=C(CC)CN1C2. The van der Waals surface area contributed by atoms with Gasteiger partial charge in [0.1, 0.15) is 17.2 Å². The maximum absolute atomic E-state index is 15.8. The van der Waals surface area contributed by atoms with E-state index in [1.54, 1.807) is 13.2 Å². The van der Waals surface area contributed by atoms with Crippen molar-refractivity contribution in [3.8, 4) is 5.75 Å². The molecule has 1 aromatic heterocycles. The molecule has 6 aliphatic rings. The van der Waals surface area contributed by atoms with Gasteiger partial charge >= 0.3 is 23.9 Å². The Morgan fingerprint density at radius 3 is 2.41 bits per heavy atom. The second-order valence-electron chi connectivity index (χ2n) is 19.8. The summed E-state index contributed by atoms with van der Waals surface area (Å²) in [6, 6.07) is 9.24. The minimum Gasteiger partial charge on any atom is -0.496 e. The fourth-order valence-corrected chi connectivity index (χ4v) is 14.3. The molecule has 16 heteroatoms. The van der Waals surface area contributed by atoms with Crippen LogP contribution in [-0.4, -0.2) is 148 Å². The van der Waals surface area contributed by atoms with Crippen LogP contribution >= 0.6 is 0 Å². The van der Waals surface area contributed by atoms with Crippen molar-refractivity contribution in [3.05, 3.63) is 95.2 Å². The molecule has 2 bridgehead atoms. The molecule has 5 aliphatic heterocycles. The van der Waals surface area contributed by atoms with Gasteiger partial charge < -0.3 is 44.0 Å². The van der Waals surface area contributed by atoms with Gasteiger partial charge in [-0.2, -0.15) is 0 Å². The maximum atomic E-state index is 15.8. The summed E-state index contributed by atoms with van der Waals surface area (Å²) < 4.78 is 29.7. The van der Waals surface area contributed by atoms with Gasteiger partial charge in [-0.1, -0.05) is 61.9 Å². The predicted molar refractivity (Wildman–Crippen MR) is 257 cm³/mol. The molecule has 368 valence electrons. The first-order valence-electron chi connectivity index (χ1n) is 24.1. The van der Waals surface area contributed by atoms with E-state index in [-0.39, 0.29) is 31.2 Å². The number of benzene rings is 2. The van der Waals surface area contributed by atoms with E-state index in [1.807, 2.05) is 72.3 Å². The zero-order valence-corrected chi connectivity index (χ0v) is 40.9. The van der Waals surface area contributed by atoms with Crippen LogP contribution in [0.2, 0.25) is 0 Å². The number of esters is 4. The number of carbonyl (C=O) groups excluding carboxylic acids is 5. The number of carbonyl (C=O) groups is 5. The number of aromatic amines is 1. The van der Waals surface area contributed by atoms with Crippen LogP contribution in [0.25, 0.3) is 10.9 Å². The number of rotatable bonds is 11. The number of nitrogens with zero attached hydrogens (tertiary/aromatic N) is 3. The lowest BCUT2D eigenvalue weighted by Gasteiger charge is -2.63. The van der Waals surface area contributed by atoms with Gasteiger partial charge in [-0.3, -0.25) is 29.0 Å². The zero-order valence-electron chi connectivity index (χ0n) is 40.9. The maximum Gasteiger partial charge on any atom is 0.344 e. The first-order chi connectivity index (χ1) is 33.1. The number of methoxy groups -OCH3 is 4. The van der Waals surface area contributed by atoms with Crippen LogP contribution in [0.4, 0.5) is 5.69 Å². The minimum atomic E-state index is -2.38. The second-order valence-corrected chi connectivity index (χ2v) is 19.8. The molecule has 2 fully saturated rings. The fourth-order valence-electron chi connectivity index (χ4n) is 14.3. The van der Waals surface area contributed by atoms with Gasteiger partial charge in [0.2, 0.25) is 11.5 Å². The summed E-state index contributed by atoms with van der Waals surface area (Å²) in [7, 11) is 7.30. The Balaban J connectivity index is 1.38. The highest BCUT2D eigenvalue weighted by Gasteiger charge is 2.80. The van der Waals surface area contributed by atoms with Crippen LogP contribution in [-0.2, 0) is 60.2 Å². The Kier molecular flexibility index (Phi) is 12.4. The first-order valence-corrected chi connectivity index (χ1v) is 24.1. The Morgan fingerprint density at radius 2 is 1.74 bits per heavy atom. The summed E-state index contributed by atoms with van der Waals surface area (Å²) in [4.78, 5) is 82.3. The van der Waals surface area contributed by atoms with Crippen molar-refractivity contribution in [1.29, 1.82) is 0 Å². The van der Waals surface area contributed by atoms with Crippen LogP contribution in [0, 0.1) is 17.3 Å². The van der Waals surface area contributed by atoms with Crippen molar-refractivity contribution < 1.29 is 52.8 Å². The molecular formula is C53H65N5O11. The number of amides is 1. The molecule has 0 radical (unpaired) electrons. The molecule has 1 saturated carbocycles. The smallest absolute Gasteiger partial charge is 0.344 e. The number of aromatic nitrogens is 1. The largest absolute Gasteiger partial charge is 0.496 e. The van der Waals surface area contributed by atoms with E-state index in [2.05, 4.69) is 34.8 Å². The van der Waals surface area contributed by atoms with Crippen LogP contribution in [0.1, 0.15) is 68.8 Å². The number of fused-ring (bicyclic) bond motifs is 6. The van der Waals surface area contributed by atoms with Crippen molar-refractivity contribution in [2.75, 3.05) is 73.1 Å². The number of hydrogen-bond donors (Lipinski definition) is 3. The van der Waals surface area contributed by atoms with E-state index in [9.17, 15) is 24.3 Å². The lowest BCUT2D eigenvalue weighted by molar-refractivity contribution is -0.228. The van der Waals surface area contributed by atoms with Crippen molar-refractivity contribution in [2.24, 2.45) is 17.3 Å². The molecule has 3 N–H and O–H groups in total. The normalized spacial score (nSPS) is 33.1. The molecule has 9 rings (SSSR count). The number of ether oxygens (including phenoxy) is 5. The van der Waals surface area contributed by atoms with E-state index in [0.717, 1.165) is 16.5 Å². The quantitative estimate of drug-likeness (QED) is 0.141. The number of H-pyrrole nitrogens is 1. The molecule has 6 heterocycles. The number of anilines is 1. The number of para-hydroxylation sites is 1. The summed E-state index contributed by atoms with van der Waals surface area (Å²) >= 11 is 0. The Hall–Kier alpha value is -5.97. The van der Waals surface area contributed by atoms with Gasteiger partial charge in [0.25, 0.3) is 0 Å². The molecule has 3 aromatic rings. The van der Waals surface area contributed by atoms with Gasteiger partial charge in [-0.05, 0) is 67.8 Å². The van der Waals surface area contributed by atoms with Crippen LogP contribution in [0.5, 0.6) is 5.75 Å². The Morgan fingerprint density at radius 1 is 0.986 bits per heavy atom. The summed E-state index contributed by atoms with van der Waals surface area (Å²) in [5.74, 6) is -4.10. The lowest BCUT2D eigenvalue weighted by Crippen LogP contribution is -2.81. The lowest BCUT2D eigenvalue weighted by atomic mass is 9.47. The van der Waals surface area contributed by atoms with Crippen LogP contribution in [0.15, 0.2) is 72.9 Å². The number of nitrogens with one attached hydrogen (secondary N) is 2. The standard InChI is InChI=1S/C53H65N5O11/c1-10-20-54-43(60)41-35(44(61)66-7)24-34-33-16-13-14-17-38(33)55-42(34)52(48(62)67-8,27-32-23-31(11-2)28-58(41)29-32)37-25-36-39(26-40(37)65-6)56(5)46-51(36)19-22-57-21-15-18-50(12-3,45(51)57)47(69-30(4)59)53(46,64)49(63)68-9/h10,13-18,23,25-26,32,35,41,45-47,55,64H,1,11-12,19-22,24,27-29H2,2-9H3,(H,54,60)/t32-,35+,41-,45-,46+,47+,50+,51+,52-,53-/m0/s1. The third-order valence-corrected chi connectivity index (χ3v) is 16.7. The summed E-state index contributed by atoms with van der Waals surface area (Å²) in [6.07, 6.45) is 8.24. The molecule has 1 amide bonds. The second kappa shape index (κ2) is 17.8. The molecule has 11 atom stereocenters. The summed E-state index contributed by atoms with van der Waals surface area (Å²) in [5.41, 5.74) is -1.31. The van der Waals surface area contributed by atoms with Gasteiger partial charge in [-0.15, -0.1) is 6.58 Å². The molecule has 16 nitrogen and oxygen atoms in total. The molecule has 1 unspecified atom stereocenters. The molecule has 2 aromatic carbocycles. The van der Waals surface area contributed by atoms with Crippen molar-refractivity contribution >= 4 is 46.4 Å². The van der Waals surface area contributed by atoms with E-state index >= 15 is 4.79 Å². The number of hydrogen-bond acceptors (Lipinski definition) is 14. The molecular weight excluding hydrogens is 883 g/mol. The van der Waals surface area contributed by atoms with E-state index < -0.39 is 75.9 Å². The first kappa shape index (κ1) is 48.1. The van der Waals surface area contributed by atoms with Gasteiger partial charge in [0.05, 0.1) is 40.4 Å². The van der Waals surface area contributed by atoms with E-state index in [4.69, 9.17) is 23.7 Å². The zero-order chi connectivity index (χ0) is 49.4. The molecule has 1 aliphatic carbocycles. The Labute approximate surface area is 403 Å². The summed E-state index contributed by atoms with van der Waals surface area (Å²) in [6.45, 7) is 11.2. The topological polar surface area (TPSA) is 189 Å². The van der Waals surface area contributed by atoms with Crippen molar-refractivity contribution in [2.45, 2.75) is 93.5 Å². The highest BCUT2D eigenvalue weighted by atomic mass is 16.6. The van der Waals surface area contributed by atoms with Crippen molar-refractivity contribution in [1.82, 2.24) is 20.1 Å². The minimum absolute atomic E-state index is 0.0113. The van der Waals surface area contributed by atoms with Gasteiger partial charge in [0.15, 0.2) is 6.10 Å². The monoisotopic (exact) mass is 947 g/mol. The fraction of sp³-hybridized carbons (Fsp3) is 0.528. The highest BCUT2D eigenvalue weighted by molar-refractivity contribution is 5.96. The highest BCUT2D eigenvalue weighted by Crippen LogP contribution is 2.68. The predicted octanol–water partition coefficient (Wildman–Crippen LogP) is 4.26. The van der Waals surface area contributed by atoms with E-state index in [0.29, 0.717) is 79.2 Å². The van der Waals surface area contributed by atoms with Crippen LogP contribution < -0.4 is 15.0 Å². The van der Waals surface area contributed by atoms with E-state index in [1.165, 1.54) is 28.3 Å². The number of likely N-dealkylation sites (N-methyl/N-ethyl adjacent to an activating group) is 1. The molecule has 69 heavy (non-hydrogen) atoms. The third kappa shape index (κ3) is 6.75. The van der Waals surface area contributed by atoms with Crippen LogP contribution in [0.3, 0.4) is 0 Å². The Bertz CT molecular complexity index is 2680. The average molecular weight is 948 g/mol.